The van der Waals surface area contributed by atoms with Crippen molar-refractivity contribution in [2.75, 3.05) is 6.54 Å². The van der Waals surface area contributed by atoms with Crippen molar-refractivity contribution >= 4 is 23.2 Å². The molecule has 2 bridgehead atoms. The second-order valence-electron chi connectivity index (χ2n) is 7.59. The maximum atomic E-state index is 14.8. The molecule has 0 spiro atoms. The van der Waals surface area contributed by atoms with Gasteiger partial charge in [-0.3, -0.25) is 0 Å². The first-order valence-electron chi connectivity index (χ1n) is 9.02. The average molecular weight is 397 g/mol. The number of nitrogens with one attached hydrogen (secondary N) is 1. The van der Waals surface area contributed by atoms with Gasteiger partial charge in [0.25, 0.3) is 0 Å². The Hall–Kier alpha value is -1.14. The molecule has 2 aliphatic carbocycles. The van der Waals surface area contributed by atoms with Crippen LogP contribution in [0.4, 0.5) is 4.39 Å². The van der Waals surface area contributed by atoms with E-state index in [0.29, 0.717) is 51.7 Å². The van der Waals surface area contributed by atoms with Gasteiger partial charge in [0.05, 0.1) is 28.3 Å². The van der Waals surface area contributed by atoms with Crippen LogP contribution in [0.5, 0.6) is 0 Å². The first kappa shape index (κ1) is 17.0. The molecule has 1 aromatic heterocycles. The van der Waals surface area contributed by atoms with Gasteiger partial charge in [-0.15, -0.1) is 0 Å². The van der Waals surface area contributed by atoms with Crippen LogP contribution >= 0.6 is 23.2 Å². The maximum Gasteiger partial charge on any atom is 0.180 e. The van der Waals surface area contributed by atoms with Gasteiger partial charge in [0.1, 0.15) is 5.69 Å². The van der Waals surface area contributed by atoms with E-state index in [1.807, 2.05) is 0 Å². The lowest BCUT2D eigenvalue weighted by molar-refractivity contribution is 0.00832. The highest BCUT2D eigenvalue weighted by Crippen LogP contribution is 2.53. The predicted molar refractivity (Wildman–Crippen MR) is 97.1 cm³/mol. The molecule has 26 heavy (non-hydrogen) atoms. The molecule has 0 unspecified atom stereocenters. The van der Waals surface area contributed by atoms with Crippen LogP contribution in [0.3, 0.4) is 0 Å². The van der Waals surface area contributed by atoms with Crippen LogP contribution < -0.4 is 5.32 Å². The minimum absolute atomic E-state index is 0.188. The molecule has 138 valence electrons. The number of aromatic nitrogens is 1. The zero-order valence-electron chi connectivity index (χ0n) is 14.1. The Kier molecular flexibility index (Phi) is 4.05. The summed E-state index contributed by atoms with van der Waals surface area (Å²) in [6.45, 7) is 1.25. The molecule has 0 radical (unpaired) electrons. The highest BCUT2D eigenvalue weighted by Gasteiger charge is 2.51. The number of rotatable bonds is 5. The predicted octanol–water partition coefficient (Wildman–Crippen LogP) is 4.87. The fourth-order valence-electron chi connectivity index (χ4n) is 4.23. The number of ether oxygens (including phenoxy) is 1. The van der Waals surface area contributed by atoms with Crippen molar-refractivity contribution in [2.24, 2.45) is 5.92 Å². The van der Waals surface area contributed by atoms with Crippen LogP contribution in [-0.4, -0.2) is 23.8 Å². The second-order valence-corrected chi connectivity index (χ2v) is 8.40. The lowest BCUT2D eigenvalue weighted by atomic mass is 10.0. The molecule has 2 aromatic rings. The number of nitrogens with zero attached hydrogens (tertiary/aromatic N) is 1. The van der Waals surface area contributed by atoms with E-state index in [1.54, 1.807) is 18.2 Å². The highest BCUT2D eigenvalue weighted by atomic mass is 35.5. The molecule has 1 saturated heterocycles. The van der Waals surface area contributed by atoms with Crippen molar-refractivity contribution in [3.8, 4) is 11.3 Å². The van der Waals surface area contributed by atoms with Crippen LogP contribution in [0.15, 0.2) is 22.7 Å². The third-order valence-corrected chi connectivity index (χ3v) is 6.45. The van der Waals surface area contributed by atoms with Gasteiger partial charge in [-0.25, -0.2) is 4.39 Å². The van der Waals surface area contributed by atoms with Gasteiger partial charge in [0, 0.05) is 18.2 Å². The molecule has 2 heterocycles. The zero-order chi connectivity index (χ0) is 17.9. The number of piperidine rings is 1. The SMILES string of the molecule is FC1(c2onc(-c3c(Cl)cccc3Cl)c2CO[C@@H]2C[C@@H]3C[C@H]2CN3)CC1. The molecule has 0 amide bonds. The topological polar surface area (TPSA) is 47.3 Å². The van der Waals surface area contributed by atoms with Gasteiger partial charge in [-0.2, -0.15) is 0 Å². The molecule has 3 fully saturated rings. The van der Waals surface area contributed by atoms with Crippen LogP contribution in [0, 0.1) is 5.92 Å². The fraction of sp³-hybridized carbons (Fsp3) is 0.526. The Bertz CT molecular complexity index is 832. The van der Waals surface area contributed by atoms with Crippen molar-refractivity contribution in [1.29, 1.82) is 0 Å². The molecular formula is C19H19Cl2FN2O2. The molecule has 1 N–H and O–H groups in total. The van der Waals surface area contributed by atoms with E-state index in [1.165, 1.54) is 0 Å². The average Bonchev–Trinajstić information content (AvgIpc) is 3.01. The minimum atomic E-state index is -1.44. The third kappa shape index (κ3) is 2.76. The highest BCUT2D eigenvalue weighted by molar-refractivity contribution is 6.39. The number of hydrogen-bond acceptors (Lipinski definition) is 4. The number of alkyl halides is 1. The lowest BCUT2D eigenvalue weighted by Gasteiger charge is -2.23. The second kappa shape index (κ2) is 6.20. The Morgan fingerprint density at radius 3 is 2.65 bits per heavy atom. The summed E-state index contributed by atoms with van der Waals surface area (Å²) in [4.78, 5) is 0. The van der Waals surface area contributed by atoms with E-state index in [4.69, 9.17) is 32.5 Å². The summed E-state index contributed by atoms with van der Waals surface area (Å²) >= 11 is 12.7. The molecule has 4 nitrogen and oxygen atoms in total. The van der Waals surface area contributed by atoms with Gasteiger partial charge in [-0.05, 0) is 43.7 Å². The lowest BCUT2D eigenvalue weighted by Crippen LogP contribution is -2.34. The fourth-order valence-corrected chi connectivity index (χ4v) is 4.81. The summed E-state index contributed by atoms with van der Waals surface area (Å²) in [6, 6.07) is 5.79. The van der Waals surface area contributed by atoms with Gasteiger partial charge in [0.15, 0.2) is 11.4 Å². The van der Waals surface area contributed by atoms with E-state index in [0.717, 1.165) is 19.4 Å². The Morgan fingerprint density at radius 1 is 1.27 bits per heavy atom. The first-order valence-corrected chi connectivity index (χ1v) is 9.78. The standard InChI is InChI=1S/C19H19Cl2FN2O2/c20-13-2-1-3-14(21)16(13)17-12(18(26-24-17)19(22)4-5-19)9-25-15-7-11-6-10(15)8-23-11/h1-3,10-11,15,23H,4-9H2/t10-,11-,15+/m0/s1. The minimum Gasteiger partial charge on any atom is -0.373 e. The van der Waals surface area contributed by atoms with E-state index in [-0.39, 0.29) is 18.5 Å². The van der Waals surface area contributed by atoms with Gasteiger partial charge in [0.2, 0.25) is 0 Å². The van der Waals surface area contributed by atoms with Gasteiger partial charge < -0.3 is 14.6 Å². The summed E-state index contributed by atoms with van der Waals surface area (Å²) in [5, 5.41) is 8.53. The van der Waals surface area contributed by atoms with Crippen molar-refractivity contribution in [1.82, 2.24) is 10.5 Å². The van der Waals surface area contributed by atoms with Crippen LogP contribution in [0.25, 0.3) is 11.3 Å². The van der Waals surface area contributed by atoms with Crippen molar-refractivity contribution < 1.29 is 13.7 Å². The summed E-state index contributed by atoms with van der Waals surface area (Å²) in [6.07, 6.45) is 3.23. The van der Waals surface area contributed by atoms with E-state index in [2.05, 4.69) is 10.5 Å². The van der Waals surface area contributed by atoms with E-state index >= 15 is 0 Å². The van der Waals surface area contributed by atoms with Crippen LogP contribution in [0.1, 0.15) is 37.0 Å². The number of hydrogen-bond donors (Lipinski definition) is 1. The first-order chi connectivity index (χ1) is 12.5. The Labute approximate surface area is 161 Å². The molecule has 1 aliphatic heterocycles. The summed E-state index contributed by atoms with van der Waals surface area (Å²) < 4.78 is 26.4. The van der Waals surface area contributed by atoms with E-state index < -0.39 is 5.67 Å². The summed E-state index contributed by atoms with van der Waals surface area (Å²) in [5.74, 6) is 0.792. The molecule has 3 aliphatic rings. The summed E-state index contributed by atoms with van der Waals surface area (Å²) in [7, 11) is 0. The largest absolute Gasteiger partial charge is 0.373 e. The molecule has 2 saturated carbocycles. The molecule has 7 heteroatoms. The molecule has 3 atom stereocenters. The monoisotopic (exact) mass is 396 g/mol. The van der Waals surface area contributed by atoms with Crippen LogP contribution in [0.2, 0.25) is 10.0 Å². The molecule has 1 aromatic carbocycles. The zero-order valence-corrected chi connectivity index (χ0v) is 15.6. The number of fused-ring (bicyclic) bond motifs is 2. The normalized spacial score (nSPS) is 28.7. The number of halogens is 3. The Morgan fingerprint density at radius 2 is 2.04 bits per heavy atom. The Balaban J connectivity index is 1.49. The van der Waals surface area contributed by atoms with Gasteiger partial charge >= 0.3 is 0 Å². The van der Waals surface area contributed by atoms with E-state index in [9.17, 15) is 4.39 Å². The van der Waals surface area contributed by atoms with Crippen molar-refractivity contribution in [3.63, 3.8) is 0 Å². The summed E-state index contributed by atoms with van der Waals surface area (Å²) in [5.41, 5.74) is 0.258. The van der Waals surface area contributed by atoms with Gasteiger partial charge in [-0.1, -0.05) is 34.4 Å². The maximum absolute atomic E-state index is 14.8. The smallest absolute Gasteiger partial charge is 0.180 e. The quantitative estimate of drug-likeness (QED) is 0.782. The molecular weight excluding hydrogens is 378 g/mol. The third-order valence-electron chi connectivity index (χ3n) is 5.82. The van der Waals surface area contributed by atoms with Crippen molar-refractivity contribution in [2.45, 2.75) is 50.1 Å². The van der Waals surface area contributed by atoms with Crippen LogP contribution in [-0.2, 0) is 17.0 Å². The molecule has 5 rings (SSSR count). The van der Waals surface area contributed by atoms with Crippen molar-refractivity contribution in [3.05, 3.63) is 39.6 Å². The number of benzene rings is 1.